The molecule has 4 aromatic rings. The van der Waals surface area contributed by atoms with Gasteiger partial charge in [0.05, 0.1) is 6.10 Å². The molecule has 0 bridgehead atoms. The van der Waals surface area contributed by atoms with Crippen LogP contribution >= 0.6 is 0 Å². The Labute approximate surface area is 203 Å². The smallest absolute Gasteiger partial charge is 0.254 e. The molecule has 0 radical (unpaired) electrons. The molecule has 0 spiro atoms. The molecule has 1 aliphatic rings. The Morgan fingerprint density at radius 1 is 1.03 bits per heavy atom. The standard InChI is InChI=1S/C28H26FN3O3/c1-19-6-2-3-10-25(19)27-31-30-26(35-27)21-11-13-22(14-12-21)28(33)32(18-24-9-5-15-34-24)17-20-7-4-8-23(29)16-20/h2-4,6-8,10-14,16,24H,5,9,15,17-18H2,1H3. The molecule has 1 unspecified atom stereocenters. The van der Waals surface area contributed by atoms with Crippen molar-refractivity contribution < 1.29 is 18.3 Å². The number of carbonyl (C=O) groups is 1. The summed E-state index contributed by atoms with van der Waals surface area (Å²) in [4.78, 5) is 15.1. The molecule has 1 fully saturated rings. The van der Waals surface area contributed by atoms with Crippen LogP contribution in [0, 0.1) is 12.7 Å². The minimum atomic E-state index is -0.319. The minimum absolute atomic E-state index is 0.00922. The SMILES string of the molecule is Cc1ccccc1-c1nnc(-c2ccc(C(=O)N(Cc3cccc(F)c3)CC3CCCO3)cc2)o1. The fourth-order valence-corrected chi connectivity index (χ4v) is 4.31. The Balaban J connectivity index is 1.35. The third kappa shape index (κ3) is 5.30. The van der Waals surface area contributed by atoms with Gasteiger partial charge in [0.25, 0.3) is 5.91 Å². The van der Waals surface area contributed by atoms with Crippen molar-refractivity contribution in [1.82, 2.24) is 15.1 Å². The molecular formula is C28H26FN3O3. The van der Waals surface area contributed by atoms with Crippen LogP contribution in [0.25, 0.3) is 22.9 Å². The van der Waals surface area contributed by atoms with Crippen molar-refractivity contribution >= 4 is 5.91 Å². The van der Waals surface area contributed by atoms with E-state index in [1.165, 1.54) is 12.1 Å². The van der Waals surface area contributed by atoms with Gasteiger partial charge < -0.3 is 14.1 Å². The van der Waals surface area contributed by atoms with Gasteiger partial charge in [0, 0.05) is 36.4 Å². The van der Waals surface area contributed by atoms with Gasteiger partial charge >= 0.3 is 0 Å². The van der Waals surface area contributed by atoms with Crippen LogP contribution in [0.15, 0.2) is 77.2 Å². The van der Waals surface area contributed by atoms with Crippen molar-refractivity contribution in [2.45, 2.75) is 32.4 Å². The van der Waals surface area contributed by atoms with Crippen molar-refractivity contribution in [2.75, 3.05) is 13.2 Å². The van der Waals surface area contributed by atoms with E-state index in [0.29, 0.717) is 37.0 Å². The third-order valence-electron chi connectivity index (χ3n) is 6.18. The molecule has 0 aliphatic carbocycles. The van der Waals surface area contributed by atoms with Crippen molar-refractivity contribution in [1.29, 1.82) is 0 Å². The van der Waals surface area contributed by atoms with Crippen LogP contribution in [-0.2, 0) is 11.3 Å². The van der Waals surface area contributed by atoms with Gasteiger partial charge in [-0.15, -0.1) is 10.2 Å². The zero-order chi connectivity index (χ0) is 24.2. The second-order valence-corrected chi connectivity index (χ2v) is 8.76. The maximum atomic E-state index is 13.7. The number of aryl methyl sites for hydroxylation is 1. The molecule has 1 atom stereocenters. The Morgan fingerprint density at radius 3 is 2.57 bits per heavy atom. The zero-order valence-corrected chi connectivity index (χ0v) is 19.5. The molecule has 0 N–H and O–H groups in total. The Hall–Kier alpha value is -3.84. The predicted octanol–water partition coefficient (Wildman–Crippen LogP) is 5.67. The summed E-state index contributed by atoms with van der Waals surface area (Å²) in [5.41, 5.74) is 3.93. The number of nitrogens with zero attached hydrogens (tertiary/aromatic N) is 3. The first kappa shape index (κ1) is 22.9. The number of aromatic nitrogens is 2. The number of halogens is 1. The summed E-state index contributed by atoms with van der Waals surface area (Å²) in [7, 11) is 0. The number of rotatable bonds is 7. The van der Waals surface area contributed by atoms with Crippen LogP contribution in [0.3, 0.4) is 0 Å². The lowest BCUT2D eigenvalue weighted by Crippen LogP contribution is -2.37. The lowest BCUT2D eigenvalue weighted by atomic mass is 10.1. The van der Waals surface area contributed by atoms with Crippen LogP contribution in [0.5, 0.6) is 0 Å². The van der Waals surface area contributed by atoms with Crippen LogP contribution in [0.1, 0.15) is 34.3 Å². The van der Waals surface area contributed by atoms with Crippen molar-refractivity contribution in [3.63, 3.8) is 0 Å². The van der Waals surface area contributed by atoms with E-state index in [9.17, 15) is 9.18 Å². The summed E-state index contributed by atoms with van der Waals surface area (Å²) < 4.78 is 25.4. The van der Waals surface area contributed by atoms with E-state index in [-0.39, 0.29) is 17.8 Å². The number of carbonyl (C=O) groups excluding carboxylic acids is 1. The summed E-state index contributed by atoms with van der Waals surface area (Å²) in [5.74, 6) is 0.387. The van der Waals surface area contributed by atoms with Gasteiger partial charge in [-0.1, -0.05) is 30.3 Å². The normalized spacial score (nSPS) is 15.3. The fourth-order valence-electron chi connectivity index (χ4n) is 4.31. The van der Waals surface area contributed by atoms with Crippen molar-refractivity contribution in [3.8, 4) is 22.9 Å². The number of amides is 1. The fraction of sp³-hybridized carbons (Fsp3) is 0.250. The molecule has 1 aromatic heterocycles. The summed E-state index contributed by atoms with van der Waals surface area (Å²) in [5, 5.41) is 8.37. The molecule has 0 saturated carbocycles. The Morgan fingerprint density at radius 2 is 1.83 bits per heavy atom. The van der Waals surface area contributed by atoms with Crippen LogP contribution in [0.2, 0.25) is 0 Å². The molecule has 1 saturated heterocycles. The van der Waals surface area contributed by atoms with E-state index in [0.717, 1.165) is 35.1 Å². The highest BCUT2D eigenvalue weighted by molar-refractivity contribution is 5.94. The molecular weight excluding hydrogens is 445 g/mol. The van der Waals surface area contributed by atoms with E-state index in [1.807, 2.05) is 37.3 Å². The van der Waals surface area contributed by atoms with Crippen LogP contribution in [0.4, 0.5) is 4.39 Å². The summed E-state index contributed by atoms with van der Waals surface area (Å²) in [6.07, 6.45) is 1.88. The zero-order valence-electron chi connectivity index (χ0n) is 19.5. The first-order valence-corrected chi connectivity index (χ1v) is 11.7. The largest absolute Gasteiger partial charge is 0.416 e. The predicted molar refractivity (Wildman–Crippen MR) is 130 cm³/mol. The highest BCUT2D eigenvalue weighted by atomic mass is 19.1. The first-order valence-electron chi connectivity index (χ1n) is 11.7. The van der Waals surface area contributed by atoms with Gasteiger partial charge in [0.2, 0.25) is 11.8 Å². The molecule has 7 heteroatoms. The number of hydrogen-bond donors (Lipinski definition) is 0. The molecule has 1 amide bonds. The quantitative estimate of drug-likeness (QED) is 0.347. The van der Waals surface area contributed by atoms with Crippen LogP contribution < -0.4 is 0 Å². The first-order chi connectivity index (χ1) is 17.1. The van der Waals surface area contributed by atoms with E-state index < -0.39 is 0 Å². The monoisotopic (exact) mass is 471 g/mol. The van der Waals surface area contributed by atoms with Gasteiger partial charge in [-0.3, -0.25) is 4.79 Å². The molecule has 2 heterocycles. The highest BCUT2D eigenvalue weighted by Crippen LogP contribution is 2.26. The lowest BCUT2D eigenvalue weighted by Gasteiger charge is -2.26. The summed E-state index contributed by atoms with van der Waals surface area (Å²) in [6.45, 7) is 3.46. The average molecular weight is 472 g/mol. The van der Waals surface area contributed by atoms with Gasteiger partial charge in [-0.05, 0) is 73.4 Å². The highest BCUT2D eigenvalue weighted by Gasteiger charge is 2.24. The van der Waals surface area contributed by atoms with E-state index in [2.05, 4.69) is 10.2 Å². The van der Waals surface area contributed by atoms with Gasteiger partial charge in [0.15, 0.2) is 0 Å². The van der Waals surface area contributed by atoms with Gasteiger partial charge in [-0.2, -0.15) is 0 Å². The molecule has 1 aliphatic heterocycles. The maximum Gasteiger partial charge on any atom is 0.254 e. The van der Waals surface area contributed by atoms with Crippen molar-refractivity contribution in [2.24, 2.45) is 0 Å². The number of hydrogen-bond acceptors (Lipinski definition) is 5. The second kappa shape index (κ2) is 10.2. The Bertz CT molecular complexity index is 1310. The minimum Gasteiger partial charge on any atom is -0.416 e. The molecule has 3 aromatic carbocycles. The topological polar surface area (TPSA) is 68.5 Å². The van der Waals surface area contributed by atoms with Crippen LogP contribution in [-0.4, -0.2) is 40.3 Å². The summed E-state index contributed by atoms with van der Waals surface area (Å²) in [6, 6.07) is 21.3. The van der Waals surface area contributed by atoms with Gasteiger partial charge in [-0.25, -0.2) is 4.39 Å². The van der Waals surface area contributed by atoms with E-state index >= 15 is 0 Å². The lowest BCUT2D eigenvalue weighted by molar-refractivity contribution is 0.0507. The summed E-state index contributed by atoms with van der Waals surface area (Å²) >= 11 is 0. The third-order valence-corrected chi connectivity index (χ3v) is 6.18. The Kier molecular flexibility index (Phi) is 6.68. The maximum absolute atomic E-state index is 13.7. The molecule has 178 valence electrons. The molecule has 6 nitrogen and oxygen atoms in total. The molecule has 5 rings (SSSR count). The number of benzene rings is 3. The van der Waals surface area contributed by atoms with Crippen molar-refractivity contribution in [3.05, 3.63) is 95.3 Å². The average Bonchev–Trinajstić information content (AvgIpc) is 3.56. The molecule has 35 heavy (non-hydrogen) atoms. The van der Waals surface area contributed by atoms with E-state index in [1.54, 1.807) is 35.2 Å². The number of ether oxygens (including phenoxy) is 1. The van der Waals surface area contributed by atoms with Gasteiger partial charge in [0.1, 0.15) is 5.82 Å². The van der Waals surface area contributed by atoms with E-state index in [4.69, 9.17) is 9.15 Å². The second-order valence-electron chi connectivity index (χ2n) is 8.76.